The summed E-state index contributed by atoms with van der Waals surface area (Å²) in [7, 11) is 0. The monoisotopic (exact) mass is 348 g/mol. The quantitative estimate of drug-likeness (QED) is 0.675. The van der Waals surface area contributed by atoms with Crippen molar-refractivity contribution >= 4 is 56.0 Å². The Morgan fingerprint density at radius 1 is 1.27 bits per heavy atom. The summed E-state index contributed by atoms with van der Waals surface area (Å²) in [5.41, 5.74) is 1.94. The summed E-state index contributed by atoms with van der Waals surface area (Å²) in [5.74, 6) is 0.285. The van der Waals surface area contributed by atoms with Crippen molar-refractivity contribution in [2.75, 3.05) is 11.1 Å². The highest BCUT2D eigenvalue weighted by molar-refractivity contribution is 8.00. The number of hydrogen-bond donors (Lipinski definition) is 1. The summed E-state index contributed by atoms with van der Waals surface area (Å²) in [6, 6.07) is 13.7. The molecule has 0 saturated heterocycles. The number of thiazole rings is 1. The van der Waals surface area contributed by atoms with Crippen molar-refractivity contribution in [3.05, 3.63) is 53.1 Å². The smallest absolute Gasteiger partial charge is 0.236 e. The summed E-state index contributed by atoms with van der Waals surface area (Å²) in [4.78, 5) is 17.5. The van der Waals surface area contributed by atoms with Gasteiger partial charge in [-0.2, -0.15) is 0 Å². The van der Waals surface area contributed by atoms with Gasteiger partial charge >= 0.3 is 0 Å². The zero-order valence-corrected chi connectivity index (χ0v) is 14.2. The van der Waals surface area contributed by atoms with Gasteiger partial charge in [-0.1, -0.05) is 46.7 Å². The van der Waals surface area contributed by atoms with Crippen LogP contribution in [0.4, 0.5) is 5.13 Å². The molecule has 22 heavy (non-hydrogen) atoms. The Kier molecular flexibility index (Phi) is 4.66. The highest BCUT2D eigenvalue weighted by atomic mass is 35.5. The molecule has 2 aromatic carbocycles. The van der Waals surface area contributed by atoms with Crippen LogP contribution in [-0.4, -0.2) is 16.6 Å². The number of aryl methyl sites for hydroxylation is 1. The Balaban J connectivity index is 1.63. The molecule has 0 spiro atoms. The van der Waals surface area contributed by atoms with E-state index in [1.807, 2.05) is 43.3 Å². The molecule has 0 aliphatic rings. The van der Waals surface area contributed by atoms with Gasteiger partial charge in [0, 0.05) is 4.90 Å². The van der Waals surface area contributed by atoms with Gasteiger partial charge in [0.25, 0.3) is 0 Å². The number of hydrogen-bond acceptors (Lipinski definition) is 4. The van der Waals surface area contributed by atoms with E-state index >= 15 is 0 Å². The van der Waals surface area contributed by atoms with Crippen molar-refractivity contribution in [3.63, 3.8) is 0 Å². The van der Waals surface area contributed by atoms with Crippen molar-refractivity contribution in [2.45, 2.75) is 11.8 Å². The summed E-state index contributed by atoms with van der Waals surface area (Å²) in [6.07, 6.45) is 0. The molecule has 1 heterocycles. The van der Waals surface area contributed by atoms with E-state index in [1.165, 1.54) is 28.7 Å². The van der Waals surface area contributed by atoms with Crippen LogP contribution < -0.4 is 5.32 Å². The van der Waals surface area contributed by atoms with Gasteiger partial charge in [0.05, 0.1) is 15.5 Å². The van der Waals surface area contributed by atoms with Crippen LogP contribution in [-0.2, 0) is 4.79 Å². The molecule has 112 valence electrons. The Bertz CT molecular complexity index is 815. The lowest BCUT2D eigenvalue weighted by molar-refractivity contribution is -0.113. The third kappa shape index (κ3) is 3.61. The molecule has 1 amide bonds. The zero-order chi connectivity index (χ0) is 15.5. The van der Waals surface area contributed by atoms with Crippen LogP contribution >= 0.6 is 34.7 Å². The molecule has 1 aromatic heterocycles. The maximum absolute atomic E-state index is 12.0. The van der Waals surface area contributed by atoms with Gasteiger partial charge in [-0.25, -0.2) is 4.98 Å². The first-order valence-corrected chi connectivity index (χ1v) is 8.84. The highest BCUT2D eigenvalue weighted by Gasteiger charge is 2.10. The van der Waals surface area contributed by atoms with E-state index in [-0.39, 0.29) is 5.91 Å². The first-order valence-electron chi connectivity index (χ1n) is 6.66. The van der Waals surface area contributed by atoms with E-state index in [9.17, 15) is 4.79 Å². The summed E-state index contributed by atoms with van der Waals surface area (Å²) >= 11 is 9.02. The van der Waals surface area contributed by atoms with Crippen LogP contribution in [0, 0.1) is 6.92 Å². The first-order chi connectivity index (χ1) is 10.6. The Morgan fingerprint density at radius 2 is 2.05 bits per heavy atom. The number of fused-ring (bicyclic) bond motifs is 1. The maximum Gasteiger partial charge on any atom is 0.236 e. The number of anilines is 1. The molecule has 3 aromatic rings. The number of para-hydroxylation sites is 1. The third-order valence-electron chi connectivity index (χ3n) is 3.01. The van der Waals surface area contributed by atoms with E-state index in [0.717, 1.165) is 15.1 Å². The molecule has 0 radical (unpaired) electrons. The number of carbonyl (C=O) groups is 1. The minimum atomic E-state index is -0.0687. The number of nitrogens with zero attached hydrogens (tertiary/aromatic N) is 1. The van der Waals surface area contributed by atoms with Gasteiger partial charge in [-0.15, -0.1) is 11.8 Å². The summed E-state index contributed by atoms with van der Waals surface area (Å²) in [5, 5.41) is 4.01. The number of amides is 1. The molecule has 0 fully saturated rings. The first kappa shape index (κ1) is 15.3. The molecular formula is C16H13ClN2OS2. The molecule has 3 rings (SSSR count). The van der Waals surface area contributed by atoms with E-state index in [4.69, 9.17) is 11.6 Å². The lowest BCUT2D eigenvalue weighted by Crippen LogP contribution is -2.13. The number of thioether (sulfide) groups is 1. The fourth-order valence-electron chi connectivity index (χ4n) is 1.91. The Labute approximate surface area is 141 Å². The second-order valence-electron chi connectivity index (χ2n) is 4.76. The van der Waals surface area contributed by atoms with Crippen LogP contribution in [0.2, 0.25) is 5.02 Å². The molecular weight excluding hydrogens is 336 g/mol. The number of benzene rings is 2. The van der Waals surface area contributed by atoms with Crippen LogP contribution in [0.5, 0.6) is 0 Å². The third-order valence-corrected chi connectivity index (χ3v) is 5.26. The van der Waals surface area contributed by atoms with Crippen molar-refractivity contribution in [1.29, 1.82) is 0 Å². The molecule has 1 N–H and O–H groups in total. The second kappa shape index (κ2) is 6.69. The fraction of sp³-hybridized carbons (Fsp3) is 0.125. The van der Waals surface area contributed by atoms with Crippen molar-refractivity contribution in [3.8, 4) is 0 Å². The van der Waals surface area contributed by atoms with Crippen molar-refractivity contribution in [2.24, 2.45) is 0 Å². The number of aromatic nitrogens is 1. The molecule has 0 aliphatic heterocycles. The highest BCUT2D eigenvalue weighted by Crippen LogP contribution is 2.30. The van der Waals surface area contributed by atoms with Crippen LogP contribution in [0.25, 0.3) is 10.2 Å². The van der Waals surface area contributed by atoms with Gasteiger partial charge in [-0.05, 0) is 31.2 Å². The summed E-state index contributed by atoms with van der Waals surface area (Å²) in [6.45, 7) is 2.04. The van der Waals surface area contributed by atoms with E-state index in [2.05, 4.69) is 10.3 Å². The molecule has 3 nitrogen and oxygen atoms in total. The van der Waals surface area contributed by atoms with E-state index in [1.54, 1.807) is 6.07 Å². The minimum Gasteiger partial charge on any atom is -0.301 e. The van der Waals surface area contributed by atoms with Gasteiger partial charge in [0.1, 0.15) is 5.52 Å². The SMILES string of the molecule is Cc1ccc(SCC(=O)Nc2nc3c(Cl)cccc3s2)cc1. The number of halogens is 1. The maximum atomic E-state index is 12.0. The largest absolute Gasteiger partial charge is 0.301 e. The van der Waals surface area contributed by atoms with Gasteiger partial charge < -0.3 is 5.32 Å². The average molecular weight is 349 g/mol. The van der Waals surface area contributed by atoms with Crippen molar-refractivity contribution in [1.82, 2.24) is 4.98 Å². The van der Waals surface area contributed by atoms with E-state index < -0.39 is 0 Å². The predicted molar refractivity (Wildman–Crippen MR) is 95.2 cm³/mol. The molecule has 6 heteroatoms. The topological polar surface area (TPSA) is 42.0 Å². The molecule has 0 aliphatic carbocycles. The Morgan fingerprint density at radius 3 is 2.77 bits per heavy atom. The molecule has 0 atom stereocenters. The molecule has 0 saturated carbocycles. The fourth-order valence-corrected chi connectivity index (χ4v) is 3.79. The summed E-state index contributed by atoms with van der Waals surface area (Å²) < 4.78 is 0.967. The molecule has 0 bridgehead atoms. The zero-order valence-electron chi connectivity index (χ0n) is 11.8. The Hall–Kier alpha value is -1.56. The van der Waals surface area contributed by atoms with Crippen molar-refractivity contribution < 1.29 is 4.79 Å². The van der Waals surface area contributed by atoms with Gasteiger partial charge in [-0.3, -0.25) is 4.79 Å². The van der Waals surface area contributed by atoms with Gasteiger partial charge in [0.15, 0.2) is 5.13 Å². The molecule has 0 unspecified atom stereocenters. The standard InChI is InChI=1S/C16H13ClN2OS2/c1-10-5-7-11(8-6-10)21-9-14(20)18-16-19-15-12(17)3-2-4-13(15)22-16/h2-8H,9H2,1H3,(H,18,19,20). The number of nitrogens with one attached hydrogen (secondary N) is 1. The van der Waals surface area contributed by atoms with E-state index in [0.29, 0.717) is 15.9 Å². The lowest BCUT2D eigenvalue weighted by atomic mass is 10.2. The predicted octanol–water partition coefficient (Wildman–Crippen LogP) is 4.99. The van der Waals surface area contributed by atoms with Crippen LogP contribution in [0.15, 0.2) is 47.4 Å². The number of rotatable bonds is 4. The number of carbonyl (C=O) groups excluding carboxylic acids is 1. The average Bonchev–Trinajstić information content (AvgIpc) is 2.90. The minimum absolute atomic E-state index is 0.0687. The van der Waals surface area contributed by atoms with Gasteiger partial charge in [0.2, 0.25) is 5.91 Å². The second-order valence-corrected chi connectivity index (χ2v) is 7.24. The normalized spacial score (nSPS) is 10.8. The van der Waals surface area contributed by atoms with Crippen LogP contribution in [0.3, 0.4) is 0 Å². The van der Waals surface area contributed by atoms with Crippen LogP contribution in [0.1, 0.15) is 5.56 Å². The lowest BCUT2D eigenvalue weighted by Gasteiger charge is -2.02.